The first-order valence-corrected chi connectivity index (χ1v) is 9.94. The largest absolute Gasteiger partial charge is 0.330 e. The number of hydrogen-bond acceptors (Lipinski definition) is 3. The van der Waals surface area contributed by atoms with E-state index < -0.39 is 10.0 Å². The van der Waals surface area contributed by atoms with E-state index in [-0.39, 0.29) is 12.0 Å². The predicted octanol–water partition coefficient (Wildman–Crippen LogP) is 3.31. The lowest BCUT2D eigenvalue weighted by molar-refractivity contribution is 0.319. The summed E-state index contributed by atoms with van der Waals surface area (Å²) >= 11 is 0. The van der Waals surface area contributed by atoms with Crippen LogP contribution in [-0.4, -0.2) is 21.0 Å². The van der Waals surface area contributed by atoms with Gasteiger partial charge in [0.05, 0.1) is 4.90 Å². The number of hydrogen-bond donors (Lipinski definition) is 2. The first-order chi connectivity index (χ1) is 10.7. The van der Waals surface area contributed by atoms with E-state index in [2.05, 4.69) is 32.4 Å². The molecule has 0 aliphatic heterocycles. The fraction of sp³-hybridized carbons (Fsp3) is 0.667. The van der Waals surface area contributed by atoms with E-state index in [4.69, 9.17) is 5.73 Å². The Kier molecular flexibility index (Phi) is 7.71. The van der Waals surface area contributed by atoms with Crippen molar-refractivity contribution in [3.8, 4) is 0 Å². The van der Waals surface area contributed by atoms with E-state index in [1.54, 1.807) is 12.1 Å². The molecular formula is C18H32N2O2S. The lowest BCUT2D eigenvalue weighted by Crippen LogP contribution is -2.39. The third kappa shape index (κ3) is 6.24. The molecule has 5 heteroatoms. The molecule has 3 N–H and O–H groups in total. The summed E-state index contributed by atoms with van der Waals surface area (Å²) in [6.45, 7) is 11.0. The van der Waals surface area contributed by atoms with Crippen LogP contribution >= 0.6 is 0 Å². The van der Waals surface area contributed by atoms with Crippen LogP contribution in [-0.2, 0) is 10.0 Å². The Bertz CT molecular complexity index is 565. The van der Waals surface area contributed by atoms with Crippen molar-refractivity contribution in [1.29, 1.82) is 0 Å². The smallest absolute Gasteiger partial charge is 0.240 e. The number of aryl methyl sites for hydroxylation is 1. The molecule has 4 nitrogen and oxygen atoms in total. The zero-order valence-electron chi connectivity index (χ0n) is 15.0. The number of nitrogens with two attached hydrogens (primary N) is 1. The van der Waals surface area contributed by atoms with Gasteiger partial charge in [0.1, 0.15) is 0 Å². The summed E-state index contributed by atoms with van der Waals surface area (Å²) in [6, 6.07) is 6.89. The molecular weight excluding hydrogens is 308 g/mol. The average molecular weight is 341 g/mol. The van der Waals surface area contributed by atoms with Gasteiger partial charge in [0.25, 0.3) is 0 Å². The number of sulfonamides is 1. The molecule has 1 rings (SSSR count). The van der Waals surface area contributed by atoms with Crippen LogP contribution in [0.5, 0.6) is 0 Å². The third-order valence-corrected chi connectivity index (χ3v) is 6.04. The fourth-order valence-electron chi connectivity index (χ4n) is 2.63. The SMILES string of the molecule is Cc1ccc(S(=O)(=O)N[C@@H](CC[C@H](CN)C(C)C)C(C)C)cc1. The van der Waals surface area contributed by atoms with E-state index >= 15 is 0 Å². The Morgan fingerprint density at radius 3 is 2.00 bits per heavy atom. The zero-order chi connectivity index (χ0) is 17.6. The topological polar surface area (TPSA) is 72.2 Å². The summed E-state index contributed by atoms with van der Waals surface area (Å²) in [6.07, 6.45) is 1.75. The molecule has 0 aliphatic rings. The fourth-order valence-corrected chi connectivity index (χ4v) is 4.05. The van der Waals surface area contributed by atoms with E-state index in [9.17, 15) is 8.42 Å². The van der Waals surface area contributed by atoms with Gasteiger partial charge in [0.15, 0.2) is 0 Å². The molecule has 1 aromatic rings. The highest BCUT2D eigenvalue weighted by Gasteiger charge is 2.23. The Hall–Kier alpha value is -0.910. The summed E-state index contributed by atoms with van der Waals surface area (Å²) in [5.74, 6) is 1.18. The lowest BCUT2D eigenvalue weighted by Gasteiger charge is -2.26. The van der Waals surface area contributed by atoms with Gasteiger partial charge in [-0.15, -0.1) is 0 Å². The van der Waals surface area contributed by atoms with Crippen LogP contribution in [0.25, 0.3) is 0 Å². The molecule has 0 aliphatic carbocycles. The van der Waals surface area contributed by atoms with E-state index in [1.807, 2.05) is 19.1 Å². The van der Waals surface area contributed by atoms with Gasteiger partial charge in [-0.2, -0.15) is 0 Å². The van der Waals surface area contributed by atoms with Crippen LogP contribution in [0.2, 0.25) is 0 Å². The maximum atomic E-state index is 12.6. The molecule has 2 atom stereocenters. The molecule has 0 fully saturated rings. The lowest BCUT2D eigenvalue weighted by atomic mass is 9.88. The Balaban J connectivity index is 2.80. The van der Waals surface area contributed by atoms with Crippen LogP contribution in [0.3, 0.4) is 0 Å². The normalized spacial score (nSPS) is 15.1. The molecule has 0 saturated heterocycles. The maximum absolute atomic E-state index is 12.6. The van der Waals surface area contributed by atoms with Crippen LogP contribution in [0.15, 0.2) is 29.2 Å². The number of rotatable bonds is 9. The Labute approximate surface area is 141 Å². The molecule has 132 valence electrons. The standard InChI is InChI=1S/C18H32N2O2S/c1-13(2)16(12-19)8-11-18(14(3)4)20-23(21,22)17-9-6-15(5)7-10-17/h6-7,9-10,13-14,16,18,20H,8,11-12,19H2,1-5H3/t16-,18+/m1/s1. The maximum Gasteiger partial charge on any atom is 0.240 e. The first kappa shape index (κ1) is 20.1. The molecule has 1 aromatic carbocycles. The van der Waals surface area contributed by atoms with Gasteiger partial charge >= 0.3 is 0 Å². The van der Waals surface area contributed by atoms with Gasteiger partial charge in [-0.1, -0.05) is 45.4 Å². The van der Waals surface area contributed by atoms with Crippen molar-refractivity contribution >= 4 is 10.0 Å². The predicted molar refractivity (Wildman–Crippen MR) is 96.7 cm³/mol. The molecule has 0 spiro atoms. The van der Waals surface area contributed by atoms with Gasteiger partial charge in [0.2, 0.25) is 10.0 Å². The summed E-state index contributed by atoms with van der Waals surface area (Å²) in [5.41, 5.74) is 6.88. The van der Waals surface area contributed by atoms with Crippen molar-refractivity contribution in [2.24, 2.45) is 23.5 Å². The van der Waals surface area contributed by atoms with Crippen molar-refractivity contribution in [2.75, 3.05) is 6.54 Å². The highest BCUT2D eigenvalue weighted by Crippen LogP contribution is 2.21. The molecule has 0 saturated carbocycles. The van der Waals surface area contributed by atoms with E-state index in [0.717, 1.165) is 18.4 Å². The Morgan fingerprint density at radius 2 is 1.57 bits per heavy atom. The summed E-state index contributed by atoms with van der Waals surface area (Å²) < 4.78 is 28.0. The minimum atomic E-state index is -3.48. The van der Waals surface area contributed by atoms with E-state index in [0.29, 0.717) is 23.3 Å². The van der Waals surface area contributed by atoms with Crippen molar-refractivity contribution in [2.45, 2.75) is 58.4 Å². The van der Waals surface area contributed by atoms with Gasteiger partial charge in [-0.05, 0) is 56.2 Å². The van der Waals surface area contributed by atoms with Crippen molar-refractivity contribution < 1.29 is 8.42 Å². The van der Waals surface area contributed by atoms with Crippen molar-refractivity contribution in [3.05, 3.63) is 29.8 Å². The second kappa shape index (κ2) is 8.81. The van der Waals surface area contributed by atoms with E-state index in [1.165, 1.54) is 0 Å². The van der Waals surface area contributed by atoms with Gasteiger partial charge in [-0.3, -0.25) is 0 Å². The molecule has 23 heavy (non-hydrogen) atoms. The van der Waals surface area contributed by atoms with Gasteiger partial charge in [0, 0.05) is 6.04 Å². The first-order valence-electron chi connectivity index (χ1n) is 8.46. The average Bonchev–Trinajstić information content (AvgIpc) is 2.46. The quantitative estimate of drug-likeness (QED) is 0.724. The summed E-state index contributed by atoms with van der Waals surface area (Å²) in [4.78, 5) is 0.327. The molecule has 0 aromatic heterocycles. The number of nitrogens with one attached hydrogen (secondary N) is 1. The zero-order valence-corrected chi connectivity index (χ0v) is 15.9. The third-order valence-electron chi connectivity index (χ3n) is 4.54. The monoisotopic (exact) mass is 340 g/mol. The van der Waals surface area contributed by atoms with Crippen LogP contribution in [0.4, 0.5) is 0 Å². The van der Waals surface area contributed by atoms with Crippen LogP contribution < -0.4 is 10.5 Å². The second-order valence-electron chi connectivity index (χ2n) is 7.10. The summed E-state index contributed by atoms with van der Waals surface area (Å²) in [5, 5.41) is 0. The second-order valence-corrected chi connectivity index (χ2v) is 8.82. The minimum absolute atomic E-state index is 0.0749. The summed E-state index contributed by atoms with van der Waals surface area (Å²) in [7, 11) is -3.48. The van der Waals surface area contributed by atoms with Crippen molar-refractivity contribution in [1.82, 2.24) is 4.72 Å². The Morgan fingerprint density at radius 1 is 1.00 bits per heavy atom. The molecule has 0 radical (unpaired) electrons. The molecule has 0 bridgehead atoms. The van der Waals surface area contributed by atoms with Gasteiger partial charge in [-0.25, -0.2) is 13.1 Å². The minimum Gasteiger partial charge on any atom is -0.330 e. The highest BCUT2D eigenvalue weighted by molar-refractivity contribution is 7.89. The van der Waals surface area contributed by atoms with Crippen LogP contribution in [0, 0.1) is 24.7 Å². The highest BCUT2D eigenvalue weighted by atomic mass is 32.2. The molecule has 0 amide bonds. The van der Waals surface area contributed by atoms with Crippen LogP contribution in [0.1, 0.15) is 46.1 Å². The number of benzene rings is 1. The molecule has 0 heterocycles. The van der Waals surface area contributed by atoms with Gasteiger partial charge < -0.3 is 5.73 Å². The molecule has 0 unspecified atom stereocenters. The van der Waals surface area contributed by atoms with Crippen molar-refractivity contribution in [3.63, 3.8) is 0 Å².